The van der Waals surface area contributed by atoms with Crippen LogP contribution in [0.15, 0.2) is 30.3 Å². The number of hydrogen-bond donors (Lipinski definition) is 1. The first-order chi connectivity index (χ1) is 11.8. The Hall–Kier alpha value is -2.62. The van der Waals surface area contributed by atoms with Crippen molar-refractivity contribution < 1.29 is 13.9 Å². The Balaban J connectivity index is 1.94. The van der Waals surface area contributed by atoms with Gasteiger partial charge in [-0.25, -0.2) is 4.39 Å². The van der Waals surface area contributed by atoms with Crippen LogP contribution in [0.2, 0.25) is 0 Å². The predicted octanol–water partition coefficient (Wildman–Crippen LogP) is 4.73. The number of carbonyl (C=O) groups excluding carboxylic acids is 1. The molecule has 1 N–H and O–H groups in total. The minimum Gasteiger partial charge on any atom is -0.483 e. The molecule has 3 rings (SSSR count). The third-order valence-electron chi connectivity index (χ3n) is 4.94. The number of benzene rings is 2. The molecule has 0 radical (unpaired) electrons. The Bertz CT molecular complexity index is 855. The van der Waals surface area contributed by atoms with E-state index in [1.807, 2.05) is 39.8 Å². The lowest BCUT2D eigenvalue weighted by molar-refractivity contribution is -0.105. The average molecular weight is 339 g/mol. The second-order valence-electron chi connectivity index (χ2n) is 6.80. The molecule has 130 valence electrons. The van der Waals surface area contributed by atoms with Crippen LogP contribution in [0.3, 0.4) is 0 Å². The van der Waals surface area contributed by atoms with Crippen molar-refractivity contribution in [1.82, 2.24) is 0 Å². The zero-order valence-corrected chi connectivity index (χ0v) is 14.9. The summed E-state index contributed by atoms with van der Waals surface area (Å²) in [4.78, 5) is 10.9. The summed E-state index contributed by atoms with van der Waals surface area (Å²) in [6, 6.07) is 6.37. The molecule has 1 heterocycles. The van der Waals surface area contributed by atoms with Crippen molar-refractivity contribution in [3.05, 3.63) is 64.0 Å². The van der Waals surface area contributed by atoms with E-state index in [2.05, 4.69) is 5.32 Å². The smallest absolute Gasteiger partial charge is 0.211 e. The van der Waals surface area contributed by atoms with Crippen molar-refractivity contribution in [3.63, 3.8) is 0 Å². The second kappa shape index (κ2) is 6.36. The quantitative estimate of drug-likeness (QED) is 0.818. The standard InChI is InChI=1S/C21H22FNO2/c1-13-14(2)20-18(15(3)19(13)23-12-24)11-21(4,25-20)10-9-16-5-7-17(22)8-6-16/h5-10,12H,11H2,1-4H3,(H,23,24)/b10-9-. The van der Waals surface area contributed by atoms with Gasteiger partial charge < -0.3 is 10.1 Å². The van der Waals surface area contributed by atoms with E-state index in [1.165, 1.54) is 12.1 Å². The zero-order valence-electron chi connectivity index (χ0n) is 14.9. The van der Waals surface area contributed by atoms with Crippen LogP contribution in [-0.4, -0.2) is 12.0 Å². The lowest BCUT2D eigenvalue weighted by Gasteiger charge is -2.20. The minimum absolute atomic E-state index is 0.246. The van der Waals surface area contributed by atoms with Crippen LogP contribution in [0.5, 0.6) is 5.75 Å². The van der Waals surface area contributed by atoms with Crippen molar-refractivity contribution >= 4 is 18.2 Å². The third kappa shape index (κ3) is 3.16. The van der Waals surface area contributed by atoms with Crippen LogP contribution in [-0.2, 0) is 11.2 Å². The minimum atomic E-state index is -0.474. The van der Waals surface area contributed by atoms with E-state index in [9.17, 15) is 9.18 Å². The van der Waals surface area contributed by atoms with Crippen LogP contribution < -0.4 is 10.1 Å². The van der Waals surface area contributed by atoms with Gasteiger partial charge in [0.1, 0.15) is 17.2 Å². The van der Waals surface area contributed by atoms with Gasteiger partial charge in [-0.3, -0.25) is 4.79 Å². The van der Waals surface area contributed by atoms with E-state index in [-0.39, 0.29) is 5.82 Å². The molecule has 0 bridgehead atoms. The molecule has 1 aliphatic rings. The van der Waals surface area contributed by atoms with Crippen LogP contribution in [0, 0.1) is 26.6 Å². The maximum atomic E-state index is 13.0. The van der Waals surface area contributed by atoms with Gasteiger partial charge in [-0.2, -0.15) is 0 Å². The van der Waals surface area contributed by atoms with E-state index in [1.54, 1.807) is 12.1 Å². The number of halogens is 1. The van der Waals surface area contributed by atoms with Crippen LogP contribution >= 0.6 is 0 Å². The summed E-state index contributed by atoms with van der Waals surface area (Å²) in [5.74, 6) is 0.655. The Labute approximate surface area is 147 Å². The molecule has 4 heteroatoms. The first kappa shape index (κ1) is 17.2. The van der Waals surface area contributed by atoms with Gasteiger partial charge in [0.05, 0.1) is 0 Å². The second-order valence-corrected chi connectivity index (χ2v) is 6.80. The van der Waals surface area contributed by atoms with Crippen molar-refractivity contribution in [1.29, 1.82) is 0 Å². The number of carbonyl (C=O) groups is 1. The highest BCUT2D eigenvalue weighted by molar-refractivity contribution is 5.79. The highest BCUT2D eigenvalue weighted by atomic mass is 19.1. The van der Waals surface area contributed by atoms with Gasteiger partial charge in [0.2, 0.25) is 6.41 Å². The average Bonchev–Trinajstić information content (AvgIpc) is 2.95. The fourth-order valence-electron chi connectivity index (χ4n) is 3.37. The van der Waals surface area contributed by atoms with Gasteiger partial charge in [0.25, 0.3) is 0 Å². The topological polar surface area (TPSA) is 38.3 Å². The zero-order chi connectivity index (χ0) is 18.2. The molecule has 0 saturated heterocycles. The fraction of sp³-hybridized carbons (Fsp3) is 0.286. The molecule has 1 unspecified atom stereocenters. The Morgan fingerprint density at radius 1 is 1.12 bits per heavy atom. The summed E-state index contributed by atoms with van der Waals surface area (Å²) < 4.78 is 19.3. The maximum Gasteiger partial charge on any atom is 0.211 e. The number of rotatable bonds is 4. The molecule has 3 nitrogen and oxygen atoms in total. The summed E-state index contributed by atoms with van der Waals surface area (Å²) >= 11 is 0. The van der Waals surface area contributed by atoms with Crippen LogP contribution in [0.25, 0.3) is 6.08 Å². The largest absolute Gasteiger partial charge is 0.483 e. The highest BCUT2D eigenvalue weighted by Crippen LogP contribution is 2.44. The fourth-order valence-corrected chi connectivity index (χ4v) is 3.37. The van der Waals surface area contributed by atoms with Gasteiger partial charge in [0, 0.05) is 17.7 Å². The monoisotopic (exact) mass is 339 g/mol. The molecule has 0 aliphatic carbocycles. The van der Waals surface area contributed by atoms with E-state index < -0.39 is 5.60 Å². The summed E-state index contributed by atoms with van der Waals surface area (Å²) in [6.07, 6.45) is 5.40. The number of hydrogen-bond acceptors (Lipinski definition) is 2. The molecular formula is C21H22FNO2. The lowest BCUT2D eigenvalue weighted by Crippen LogP contribution is -2.27. The Morgan fingerprint density at radius 2 is 1.80 bits per heavy atom. The summed E-state index contributed by atoms with van der Waals surface area (Å²) in [7, 11) is 0. The first-order valence-corrected chi connectivity index (χ1v) is 8.31. The Morgan fingerprint density at radius 3 is 2.44 bits per heavy atom. The number of amides is 1. The Kier molecular flexibility index (Phi) is 4.38. The maximum absolute atomic E-state index is 13.0. The molecule has 0 saturated carbocycles. The van der Waals surface area contributed by atoms with Crippen molar-refractivity contribution in [2.75, 3.05) is 5.32 Å². The highest BCUT2D eigenvalue weighted by Gasteiger charge is 2.36. The van der Waals surface area contributed by atoms with Crippen molar-refractivity contribution in [3.8, 4) is 5.75 Å². The molecule has 2 aromatic carbocycles. The van der Waals surface area contributed by atoms with Gasteiger partial charge in [-0.1, -0.05) is 18.2 Å². The van der Waals surface area contributed by atoms with Gasteiger partial charge in [-0.15, -0.1) is 0 Å². The van der Waals surface area contributed by atoms with E-state index in [0.29, 0.717) is 6.41 Å². The van der Waals surface area contributed by atoms with E-state index in [4.69, 9.17) is 4.74 Å². The number of ether oxygens (including phenoxy) is 1. The summed E-state index contributed by atoms with van der Waals surface area (Å²) in [5.41, 5.74) is 5.55. The molecule has 2 aromatic rings. The van der Waals surface area contributed by atoms with Gasteiger partial charge in [0.15, 0.2) is 0 Å². The molecule has 25 heavy (non-hydrogen) atoms. The summed E-state index contributed by atoms with van der Waals surface area (Å²) in [5, 5.41) is 2.82. The van der Waals surface area contributed by atoms with E-state index in [0.717, 1.165) is 45.7 Å². The van der Waals surface area contributed by atoms with Gasteiger partial charge in [-0.05, 0) is 68.2 Å². The molecule has 0 spiro atoms. The predicted molar refractivity (Wildman–Crippen MR) is 98.5 cm³/mol. The first-order valence-electron chi connectivity index (χ1n) is 8.31. The van der Waals surface area contributed by atoms with Crippen LogP contribution in [0.1, 0.15) is 34.7 Å². The number of fused-ring (bicyclic) bond motifs is 1. The molecule has 1 amide bonds. The molecule has 1 aliphatic heterocycles. The molecule has 1 atom stereocenters. The van der Waals surface area contributed by atoms with Crippen LogP contribution in [0.4, 0.5) is 10.1 Å². The lowest BCUT2D eigenvalue weighted by atomic mass is 9.91. The van der Waals surface area contributed by atoms with E-state index >= 15 is 0 Å². The number of nitrogens with one attached hydrogen (secondary N) is 1. The third-order valence-corrected chi connectivity index (χ3v) is 4.94. The van der Waals surface area contributed by atoms with Crippen molar-refractivity contribution in [2.45, 2.75) is 39.7 Å². The molecule has 0 aromatic heterocycles. The summed E-state index contributed by atoms with van der Waals surface area (Å²) in [6.45, 7) is 8.05. The van der Waals surface area contributed by atoms with Gasteiger partial charge >= 0.3 is 0 Å². The normalized spacial score (nSPS) is 18.9. The SMILES string of the molecule is Cc1c(C)c2c(c(C)c1NC=O)CC(C)(/C=C\c1ccc(F)cc1)O2. The van der Waals surface area contributed by atoms with Crippen molar-refractivity contribution in [2.24, 2.45) is 0 Å². The molecule has 0 fully saturated rings. The molecular weight excluding hydrogens is 317 g/mol. The number of anilines is 1.